The largest absolute Gasteiger partial charge is 0.496 e. The Bertz CT molecular complexity index is 558. The predicted molar refractivity (Wildman–Crippen MR) is 63.8 cm³/mol. The number of ether oxygens (including phenoxy) is 1. The Labute approximate surface area is 93.7 Å². The summed E-state index contributed by atoms with van der Waals surface area (Å²) in [5.74, 6) is 0.849. The molecule has 0 unspecified atom stereocenters. The number of nitrogens with one attached hydrogen (secondary N) is 1. The highest BCUT2D eigenvalue weighted by Crippen LogP contribution is 2.23. The van der Waals surface area contributed by atoms with Gasteiger partial charge in [-0.05, 0) is 42.3 Å². The van der Waals surface area contributed by atoms with Gasteiger partial charge in [0.15, 0.2) is 0 Å². The maximum absolute atomic E-state index is 11.2. The van der Waals surface area contributed by atoms with Crippen LogP contribution in [0.25, 0.3) is 11.3 Å². The average molecular weight is 215 g/mol. The Morgan fingerprint density at radius 2 is 2.00 bits per heavy atom. The molecule has 0 amide bonds. The summed E-state index contributed by atoms with van der Waals surface area (Å²) < 4.78 is 5.19. The molecule has 0 spiro atoms. The molecule has 2 aromatic rings. The molecule has 16 heavy (non-hydrogen) atoms. The second kappa shape index (κ2) is 4.23. The monoisotopic (exact) mass is 215 g/mol. The quantitative estimate of drug-likeness (QED) is 0.835. The van der Waals surface area contributed by atoms with Gasteiger partial charge in [0, 0.05) is 11.8 Å². The number of hydrogen-bond donors (Lipinski definition) is 1. The van der Waals surface area contributed by atoms with Gasteiger partial charge in [0.2, 0.25) is 5.56 Å². The van der Waals surface area contributed by atoms with Gasteiger partial charge in [-0.2, -0.15) is 0 Å². The molecule has 0 fully saturated rings. The lowest BCUT2D eigenvalue weighted by Gasteiger charge is -2.07. The van der Waals surface area contributed by atoms with Crippen molar-refractivity contribution < 1.29 is 4.74 Å². The fourth-order valence-corrected chi connectivity index (χ4v) is 1.66. The molecule has 0 atom stereocenters. The Balaban J connectivity index is 2.49. The topological polar surface area (TPSA) is 42.1 Å². The van der Waals surface area contributed by atoms with Crippen LogP contribution in [0.15, 0.2) is 41.2 Å². The van der Waals surface area contributed by atoms with E-state index in [-0.39, 0.29) is 5.56 Å². The van der Waals surface area contributed by atoms with Gasteiger partial charge < -0.3 is 9.72 Å². The van der Waals surface area contributed by atoms with E-state index in [4.69, 9.17) is 4.74 Å². The Kier molecular flexibility index (Phi) is 2.77. The first kappa shape index (κ1) is 10.5. The normalized spacial score (nSPS) is 10.1. The first-order chi connectivity index (χ1) is 7.70. The third-order valence-electron chi connectivity index (χ3n) is 2.47. The van der Waals surface area contributed by atoms with Crippen molar-refractivity contribution in [2.75, 3.05) is 7.11 Å². The molecular formula is C13H13NO2. The van der Waals surface area contributed by atoms with Crippen molar-refractivity contribution in [1.82, 2.24) is 4.98 Å². The van der Waals surface area contributed by atoms with Crippen LogP contribution in [-0.4, -0.2) is 12.1 Å². The fraction of sp³-hybridized carbons (Fsp3) is 0.154. The third kappa shape index (κ3) is 1.98. The van der Waals surface area contributed by atoms with E-state index in [9.17, 15) is 4.79 Å². The molecule has 0 aliphatic heterocycles. The smallest absolute Gasteiger partial charge is 0.248 e. The number of pyridine rings is 1. The zero-order valence-corrected chi connectivity index (χ0v) is 9.28. The molecule has 0 saturated heterocycles. The third-order valence-corrected chi connectivity index (χ3v) is 2.47. The lowest BCUT2D eigenvalue weighted by molar-refractivity contribution is 0.412. The summed E-state index contributed by atoms with van der Waals surface area (Å²) in [5.41, 5.74) is 2.75. The van der Waals surface area contributed by atoms with Crippen LogP contribution >= 0.6 is 0 Å². The first-order valence-corrected chi connectivity index (χ1v) is 5.05. The van der Waals surface area contributed by atoms with Gasteiger partial charge >= 0.3 is 0 Å². The molecule has 82 valence electrons. The number of H-pyrrole nitrogens is 1. The highest BCUT2D eigenvalue weighted by Gasteiger charge is 2.02. The Morgan fingerprint density at radius 1 is 1.19 bits per heavy atom. The summed E-state index contributed by atoms with van der Waals surface area (Å²) in [6, 6.07) is 10.9. The molecule has 0 saturated carbocycles. The SMILES string of the molecule is COc1ccc(-c2cccc(=O)[nH]2)cc1C. The van der Waals surface area contributed by atoms with E-state index < -0.39 is 0 Å². The molecular weight excluding hydrogens is 202 g/mol. The second-order valence-corrected chi connectivity index (χ2v) is 3.61. The number of aromatic nitrogens is 1. The zero-order valence-electron chi connectivity index (χ0n) is 9.28. The number of aromatic amines is 1. The number of hydrogen-bond acceptors (Lipinski definition) is 2. The Morgan fingerprint density at radius 3 is 2.62 bits per heavy atom. The van der Waals surface area contributed by atoms with Crippen LogP contribution in [0.2, 0.25) is 0 Å². The van der Waals surface area contributed by atoms with Gasteiger partial charge in [-0.15, -0.1) is 0 Å². The van der Waals surface area contributed by atoms with E-state index in [2.05, 4.69) is 4.98 Å². The van der Waals surface area contributed by atoms with Crippen molar-refractivity contribution in [3.63, 3.8) is 0 Å². The van der Waals surface area contributed by atoms with Gasteiger partial charge in [-0.1, -0.05) is 6.07 Å². The van der Waals surface area contributed by atoms with E-state index in [0.717, 1.165) is 22.6 Å². The molecule has 0 radical (unpaired) electrons. The van der Waals surface area contributed by atoms with Gasteiger partial charge in [0.25, 0.3) is 0 Å². The molecule has 2 rings (SSSR count). The van der Waals surface area contributed by atoms with E-state index in [1.807, 2.05) is 31.2 Å². The molecule has 0 bridgehead atoms. The molecule has 1 N–H and O–H groups in total. The van der Waals surface area contributed by atoms with Crippen molar-refractivity contribution in [3.05, 3.63) is 52.3 Å². The van der Waals surface area contributed by atoms with Crippen molar-refractivity contribution in [3.8, 4) is 17.0 Å². The number of methoxy groups -OCH3 is 1. The standard InChI is InChI=1S/C13H13NO2/c1-9-8-10(6-7-12(9)16-2)11-4-3-5-13(15)14-11/h3-8H,1-2H3,(H,14,15). The van der Waals surface area contributed by atoms with Crippen LogP contribution in [0.4, 0.5) is 0 Å². The molecule has 1 aromatic carbocycles. The van der Waals surface area contributed by atoms with Crippen LogP contribution in [-0.2, 0) is 0 Å². The van der Waals surface area contributed by atoms with Gasteiger partial charge in [-0.3, -0.25) is 4.79 Å². The molecule has 0 aliphatic rings. The van der Waals surface area contributed by atoms with Crippen molar-refractivity contribution in [2.24, 2.45) is 0 Å². The van der Waals surface area contributed by atoms with Crippen molar-refractivity contribution in [2.45, 2.75) is 6.92 Å². The molecule has 1 heterocycles. The van der Waals surface area contributed by atoms with Gasteiger partial charge in [-0.25, -0.2) is 0 Å². The summed E-state index contributed by atoms with van der Waals surface area (Å²) in [5, 5.41) is 0. The highest BCUT2D eigenvalue weighted by molar-refractivity contribution is 5.61. The number of rotatable bonds is 2. The number of benzene rings is 1. The van der Waals surface area contributed by atoms with E-state index >= 15 is 0 Å². The molecule has 3 nitrogen and oxygen atoms in total. The zero-order chi connectivity index (χ0) is 11.5. The minimum Gasteiger partial charge on any atom is -0.496 e. The molecule has 0 aliphatic carbocycles. The lowest BCUT2D eigenvalue weighted by Crippen LogP contribution is -2.03. The van der Waals surface area contributed by atoms with E-state index in [1.54, 1.807) is 13.2 Å². The summed E-state index contributed by atoms with van der Waals surface area (Å²) in [7, 11) is 1.65. The summed E-state index contributed by atoms with van der Waals surface area (Å²) in [6.45, 7) is 1.98. The second-order valence-electron chi connectivity index (χ2n) is 3.61. The van der Waals surface area contributed by atoms with Crippen molar-refractivity contribution in [1.29, 1.82) is 0 Å². The summed E-state index contributed by atoms with van der Waals surface area (Å²) in [4.78, 5) is 14.0. The minimum atomic E-state index is -0.0917. The lowest BCUT2D eigenvalue weighted by atomic mass is 10.1. The van der Waals surface area contributed by atoms with Gasteiger partial charge in [0.1, 0.15) is 5.75 Å². The summed E-state index contributed by atoms with van der Waals surface area (Å²) >= 11 is 0. The first-order valence-electron chi connectivity index (χ1n) is 5.05. The van der Waals surface area contributed by atoms with Crippen LogP contribution in [0.3, 0.4) is 0 Å². The molecule has 3 heteroatoms. The van der Waals surface area contributed by atoms with Crippen molar-refractivity contribution >= 4 is 0 Å². The summed E-state index contributed by atoms with van der Waals surface area (Å²) in [6.07, 6.45) is 0. The Hall–Kier alpha value is -2.03. The fourth-order valence-electron chi connectivity index (χ4n) is 1.66. The van der Waals surface area contributed by atoms with Crippen LogP contribution in [0.5, 0.6) is 5.75 Å². The predicted octanol–water partition coefficient (Wildman–Crippen LogP) is 2.36. The maximum Gasteiger partial charge on any atom is 0.248 e. The van der Waals surface area contributed by atoms with Crippen LogP contribution < -0.4 is 10.3 Å². The number of aryl methyl sites for hydroxylation is 1. The average Bonchev–Trinajstić information content (AvgIpc) is 2.29. The highest BCUT2D eigenvalue weighted by atomic mass is 16.5. The van der Waals surface area contributed by atoms with E-state index in [0.29, 0.717) is 0 Å². The van der Waals surface area contributed by atoms with E-state index in [1.165, 1.54) is 6.07 Å². The minimum absolute atomic E-state index is 0.0917. The molecule has 1 aromatic heterocycles. The van der Waals surface area contributed by atoms with Crippen LogP contribution in [0, 0.1) is 6.92 Å². The van der Waals surface area contributed by atoms with Gasteiger partial charge in [0.05, 0.1) is 7.11 Å². The van der Waals surface area contributed by atoms with Crippen LogP contribution in [0.1, 0.15) is 5.56 Å². The maximum atomic E-state index is 11.2.